The van der Waals surface area contributed by atoms with Gasteiger partial charge in [0.05, 0.1) is 18.6 Å². The zero-order chi connectivity index (χ0) is 13.6. The van der Waals surface area contributed by atoms with E-state index in [1.807, 2.05) is 6.07 Å². The Morgan fingerprint density at radius 1 is 1.47 bits per heavy atom. The van der Waals surface area contributed by atoms with Crippen LogP contribution >= 0.6 is 0 Å². The van der Waals surface area contributed by atoms with E-state index in [9.17, 15) is 14.7 Å². The van der Waals surface area contributed by atoms with Crippen molar-refractivity contribution in [2.24, 2.45) is 0 Å². The predicted octanol–water partition coefficient (Wildman–Crippen LogP) is -0.236. The largest absolute Gasteiger partial charge is 0.480 e. The van der Waals surface area contributed by atoms with Crippen LogP contribution in [0.15, 0.2) is 0 Å². The third-order valence-electron chi connectivity index (χ3n) is 2.40. The van der Waals surface area contributed by atoms with Crippen LogP contribution in [0, 0.1) is 11.3 Å². The molecule has 0 radical (unpaired) electrons. The topological polar surface area (TPSA) is 114 Å². The smallest absolute Gasteiger partial charge is 0.328 e. The number of hydrogen-bond acceptors (Lipinski definition) is 4. The third-order valence-corrected chi connectivity index (χ3v) is 2.40. The molecule has 0 rings (SSSR count). The Kier molecular flexibility index (Phi) is 5.99. The number of aliphatic carboxylic acids is 1. The van der Waals surface area contributed by atoms with Gasteiger partial charge in [-0.3, -0.25) is 0 Å². The van der Waals surface area contributed by atoms with Crippen molar-refractivity contribution in [2.45, 2.75) is 38.5 Å². The number of aliphatic hydroxyl groups excluding tert-OH is 1. The Bertz CT molecular complexity index is 324. The molecule has 0 bridgehead atoms. The van der Waals surface area contributed by atoms with E-state index in [0.29, 0.717) is 0 Å². The van der Waals surface area contributed by atoms with Crippen molar-refractivity contribution in [3.8, 4) is 6.07 Å². The summed E-state index contributed by atoms with van der Waals surface area (Å²) in [5.74, 6) is -1.31. The summed E-state index contributed by atoms with van der Waals surface area (Å²) in [6.45, 7) is 2.94. The number of nitriles is 1. The number of carboxylic acid groups (broad SMARTS) is 1. The van der Waals surface area contributed by atoms with Crippen molar-refractivity contribution in [3.63, 3.8) is 0 Å². The van der Waals surface area contributed by atoms with Crippen molar-refractivity contribution >= 4 is 12.0 Å². The lowest BCUT2D eigenvalue weighted by atomic mass is 10.2. The number of carboxylic acids is 1. The molecule has 0 spiro atoms. The van der Waals surface area contributed by atoms with Gasteiger partial charge in [-0.1, -0.05) is 0 Å². The maximum atomic E-state index is 11.6. The first kappa shape index (κ1) is 15.2. The van der Waals surface area contributed by atoms with Gasteiger partial charge < -0.3 is 20.4 Å². The second-order valence-electron chi connectivity index (χ2n) is 3.83. The molecule has 0 aromatic carbocycles. The normalized spacial score (nSPS) is 15.2. The molecule has 0 aromatic rings. The fourth-order valence-corrected chi connectivity index (χ4v) is 1.09. The molecule has 0 saturated carbocycles. The van der Waals surface area contributed by atoms with Gasteiger partial charge in [0.1, 0.15) is 0 Å². The summed E-state index contributed by atoms with van der Waals surface area (Å²) < 4.78 is 0. The van der Waals surface area contributed by atoms with Crippen LogP contribution in [0.3, 0.4) is 0 Å². The Morgan fingerprint density at radius 3 is 2.35 bits per heavy atom. The Morgan fingerprint density at radius 2 is 2.00 bits per heavy atom. The van der Waals surface area contributed by atoms with Crippen LogP contribution in [0.1, 0.15) is 20.3 Å². The van der Waals surface area contributed by atoms with Gasteiger partial charge in [0.25, 0.3) is 0 Å². The Labute approximate surface area is 99.6 Å². The quantitative estimate of drug-likeness (QED) is 0.617. The average molecular weight is 243 g/mol. The van der Waals surface area contributed by atoms with Gasteiger partial charge in [0.15, 0.2) is 6.04 Å². The first-order valence-electron chi connectivity index (χ1n) is 5.12. The maximum Gasteiger partial charge on any atom is 0.328 e. The molecule has 7 nitrogen and oxygen atoms in total. The summed E-state index contributed by atoms with van der Waals surface area (Å²) in [5.41, 5.74) is 0. The van der Waals surface area contributed by atoms with Crippen LogP contribution in [-0.4, -0.2) is 52.3 Å². The van der Waals surface area contributed by atoms with Crippen molar-refractivity contribution < 1.29 is 19.8 Å². The summed E-state index contributed by atoms with van der Waals surface area (Å²) in [6, 6.07) is -0.415. The van der Waals surface area contributed by atoms with Crippen LogP contribution in [0.25, 0.3) is 0 Å². The fraction of sp³-hybridized carbons (Fsp3) is 0.700. The zero-order valence-electron chi connectivity index (χ0n) is 10.0. The molecular formula is C10H17N3O4. The minimum Gasteiger partial charge on any atom is -0.480 e. The Balaban J connectivity index is 4.52. The second kappa shape index (κ2) is 6.70. The van der Waals surface area contributed by atoms with E-state index in [1.165, 1.54) is 18.9 Å². The molecule has 7 heteroatoms. The molecule has 0 aliphatic heterocycles. The van der Waals surface area contributed by atoms with E-state index in [2.05, 4.69) is 5.32 Å². The second-order valence-corrected chi connectivity index (χ2v) is 3.83. The summed E-state index contributed by atoms with van der Waals surface area (Å²) >= 11 is 0. The number of rotatable bonds is 5. The molecule has 0 aromatic heterocycles. The molecule has 0 heterocycles. The minimum absolute atomic E-state index is 0.149. The lowest BCUT2D eigenvalue weighted by molar-refractivity contribution is -0.141. The van der Waals surface area contributed by atoms with Crippen LogP contribution in [-0.2, 0) is 4.79 Å². The molecular weight excluding hydrogens is 226 g/mol. The number of nitrogens with zero attached hydrogens (tertiary/aromatic N) is 2. The van der Waals surface area contributed by atoms with Crippen LogP contribution in [0.5, 0.6) is 0 Å². The third kappa shape index (κ3) is 4.70. The van der Waals surface area contributed by atoms with Crippen LogP contribution in [0.4, 0.5) is 4.79 Å². The lowest BCUT2D eigenvalue weighted by Crippen LogP contribution is -2.53. The van der Waals surface area contributed by atoms with Crippen LogP contribution in [0.2, 0.25) is 0 Å². The molecule has 0 saturated heterocycles. The van der Waals surface area contributed by atoms with Crippen LogP contribution < -0.4 is 5.32 Å². The molecule has 3 unspecified atom stereocenters. The predicted molar refractivity (Wildman–Crippen MR) is 59.1 cm³/mol. The van der Waals surface area contributed by atoms with Crippen molar-refractivity contribution in [2.75, 3.05) is 7.05 Å². The number of aliphatic hydroxyl groups is 1. The zero-order valence-corrected chi connectivity index (χ0v) is 10.0. The summed E-state index contributed by atoms with van der Waals surface area (Å²) in [4.78, 5) is 23.6. The van der Waals surface area contributed by atoms with E-state index in [-0.39, 0.29) is 12.5 Å². The Hall–Kier alpha value is -1.81. The van der Waals surface area contributed by atoms with Gasteiger partial charge in [-0.05, 0) is 13.8 Å². The number of carbonyl (C=O) groups is 2. The van der Waals surface area contributed by atoms with Gasteiger partial charge in [-0.25, -0.2) is 9.59 Å². The molecule has 3 atom stereocenters. The van der Waals surface area contributed by atoms with Gasteiger partial charge in [-0.2, -0.15) is 5.26 Å². The summed E-state index contributed by atoms with van der Waals surface area (Å²) in [6.07, 6.45) is -1.05. The van der Waals surface area contributed by atoms with E-state index in [0.717, 1.165) is 0 Å². The number of amides is 2. The molecule has 2 amide bonds. The van der Waals surface area contributed by atoms with E-state index >= 15 is 0 Å². The summed E-state index contributed by atoms with van der Waals surface area (Å²) in [5, 5.41) is 28.6. The van der Waals surface area contributed by atoms with Crippen molar-refractivity contribution in [3.05, 3.63) is 0 Å². The lowest BCUT2D eigenvalue weighted by Gasteiger charge is -2.26. The molecule has 96 valence electrons. The average Bonchev–Trinajstić information content (AvgIpc) is 2.23. The highest BCUT2D eigenvalue weighted by molar-refractivity contribution is 5.83. The molecule has 3 N–H and O–H groups in total. The van der Waals surface area contributed by atoms with Gasteiger partial charge in [-0.15, -0.1) is 0 Å². The van der Waals surface area contributed by atoms with Gasteiger partial charge in [0, 0.05) is 13.1 Å². The highest BCUT2D eigenvalue weighted by atomic mass is 16.4. The first-order valence-corrected chi connectivity index (χ1v) is 5.12. The molecule has 0 aliphatic rings. The van der Waals surface area contributed by atoms with Gasteiger partial charge in [0.2, 0.25) is 0 Å². The molecule has 0 fully saturated rings. The number of nitrogens with one attached hydrogen (secondary N) is 1. The standard InChI is InChI=1S/C10H17N3O4/c1-6(4-5-11)13(3)10(17)12-8(7(2)14)9(15)16/h6-8,14H,4H2,1-3H3,(H,12,17)(H,15,16). The number of urea groups is 1. The highest BCUT2D eigenvalue weighted by Gasteiger charge is 2.27. The fourth-order valence-electron chi connectivity index (χ4n) is 1.09. The monoisotopic (exact) mass is 243 g/mol. The molecule has 17 heavy (non-hydrogen) atoms. The van der Waals surface area contributed by atoms with E-state index < -0.39 is 24.1 Å². The number of carbonyl (C=O) groups excluding carboxylic acids is 1. The minimum atomic E-state index is -1.36. The summed E-state index contributed by atoms with van der Waals surface area (Å²) in [7, 11) is 1.46. The van der Waals surface area contributed by atoms with Gasteiger partial charge >= 0.3 is 12.0 Å². The first-order chi connectivity index (χ1) is 7.81. The molecule has 0 aliphatic carbocycles. The highest BCUT2D eigenvalue weighted by Crippen LogP contribution is 2.02. The maximum absolute atomic E-state index is 11.6. The van der Waals surface area contributed by atoms with Crippen molar-refractivity contribution in [1.82, 2.24) is 10.2 Å². The van der Waals surface area contributed by atoms with E-state index in [1.54, 1.807) is 6.92 Å². The van der Waals surface area contributed by atoms with E-state index in [4.69, 9.17) is 10.4 Å². The SMILES string of the molecule is CC(O)C(NC(=O)N(C)C(C)CC#N)C(=O)O. The van der Waals surface area contributed by atoms with Crippen molar-refractivity contribution in [1.29, 1.82) is 5.26 Å². The number of hydrogen-bond donors (Lipinski definition) is 3.